The summed E-state index contributed by atoms with van der Waals surface area (Å²) >= 11 is 1.43. The van der Waals surface area contributed by atoms with Gasteiger partial charge in [0.15, 0.2) is 6.29 Å². The Morgan fingerprint density at radius 2 is 1.65 bits per heavy atom. The smallest absolute Gasteiger partial charge is 0.471 e. The van der Waals surface area contributed by atoms with Crippen LogP contribution < -0.4 is 5.32 Å². The first-order valence-electron chi connectivity index (χ1n) is 17.6. The van der Waals surface area contributed by atoms with E-state index in [1.54, 1.807) is 28.9 Å². The Balaban J connectivity index is 1.06. The van der Waals surface area contributed by atoms with Crippen molar-refractivity contribution in [2.45, 2.75) is 68.3 Å². The van der Waals surface area contributed by atoms with E-state index in [1.165, 1.54) is 11.8 Å². The Morgan fingerprint density at radius 1 is 0.927 bits per heavy atom. The summed E-state index contributed by atoms with van der Waals surface area (Å²) in [7, 11) is 0. The van der Waals surface area contributed by atoms with Crippen LogP contribution in [0.25, 0.3) is 16.8 Å². The molecular formula is C39H37F3N6O6S. The quantitative estimate of drug-likeness (QED) is 0.136. The Kier molecular flexibility index (Phi) is 11.5. The number of hydrogen-bond acceptors (Lipinski definition) is 10. The van der Waals surface area contributed by atoms with Crippen LogP contribution in [0.2, 0.25) is 0 Å². The molecule has 0 unspecified atom stereocenters. The first-order chi connectivity index (χ1) is 26.6. The maximum Gasteiger partial charge on any atom is 0.471 e. The van der Waals surface area contributed by atoms with Gasteiger partial charge in [0.25, 0.3) is 0 Å². The van der Waals surface area contributed by atoms with Crippen LogP contribution >= 0.6 is 11.8 Å². The number of aromatic nitrogens is 4. The predicted molar refractivity (Wildman–Crippen MR) is 194 cm³/mol. The van der Waals surface area contributed by atoms with Gasteiger partial charge < -0.3 is 29.9 Å². The minimum atomic E-state index is -5.04. The highest BCUT2D eigenvalue weighted by molar-refractivity contribution is 7.99. The molecule has 1 aromatic heterocycles. The molecule has 55 heavy (non-hydrogen) atoms. The number of hydrogen-bond donors (Lipinski definition) is 3. The van der Waals surface area contributed by atoms with Crippen LogP contribution in [-0.2, 0) is 32.2 Å². The Labute approximate surface area is 318 Å². The molecule has 2 fully saturated rings. The largest absolute Gasteiger partial charge is 0.508 e. The molecule has 3 heterocycles. The van der Waals surface area contributed by atoms with Crippen molar-refractivity contribution in [2.75, 3.05) is 12.3 Å². The van der Waals surface area contributed by atoms with Gasteiger partial charge >= 0.3 is 12.1 Å². The minimum absolute atomic E-state index is 0.0578. The third-order valence-corrected chi connectivity index (χ3v) is 10.6. The highest BCUT2D eigenvalue weighted by atomic mass is 32.2. The van der Waals surface area contributed by atoms with Crippen LogP contribution in [0, 0.1) is 0 Å². The SMILES string of the molecule is O=C(NCc1ccccc1-c1ccc([C@@H]2O[C@H](CSc3nnnn3-c3ccc(O)cc3)C[C@H](c3ccc(CO)cc3)O2)cc1)[C@@H]1CCCN1C(=O)C(F)(F)F. The predicted octanol–water partition coefficient (Wildman–Crippen LogP) is 6.03. The molecule has 5 aromatic rings. The van der Waals surface area contributed by atoms with Crippen molar-refractivity contribution < 1.29 is 42.4 Å². The second-order valence-electron chi connectivity index (χ2n) is 13.2. The number of halogens is 3. The van der Waals surface area contributed by atoms with Crippen molar-refractivity contribution in [3.05, 3.63) is 119 Å². The zero-order valence-electron chi connectivity index (χ0n) is 29.3. The molecule has 16 heteroatoms. The van der Waals surface area contributed by atoms with E-state index in [2.05, 4.69) is 20.8 Å². The fourth-order valence-electron chi connectivity index (χ4n) is 6.74. The first-order valence-corrected chi connectivity index (χ1v) is 18.6. The molecule has 2 aliphatic rings. The van der Waals surface area contributed by atoms with Gasteiger partial charge in [-0.3, -0.25) is 9.59 Å². The lowest BCUT2D eigenvalue weighted by molar-refractivity contribution is -0.245. The second-order valence-corrected chi connectivity index (χ2v) is 14.2. The Hall–Kier alpha value is -5.29. The number of alkyl halides is 3. The number of ether oxygens (including phenoxy) is 2. The van der Waals surface area contributed by atoms with E-state index in [-0.39, 0.29) is 44.1 Å². The van der Waals surface area contributed by atoms with E-state index in [0.717, 1.165) is 33.4 Å². The molecule has 12 nitrogen and oxygen atoms in total. The summed E-state index contributed by atoms with van der Waals surface area (Å²) in [5.41, 5.74) is 5.59. The fraction of sp³-hybridized carbons (Fsp3) is 0.308. The van der Waals surface area contributed by atoms with Gasteiger partial charge in [-0.15, -0.1) is 5.10 Å². The van der Waals surface area contributed by atoms with Gasteiger partial charge in [-0.2, -0.15) is 17.9 Å². The Morgan fingerprint density at radius 3 is 2.38 bits per heavy atom. The lowest BCUT2D eigenvalue weighted by Crippen LogP contribution is -2.50. The number of thioether (sulfide) groups is 1. The number of tetrazole rings is 1. The molecule has 0 bridgehead atoms. The number of carbonyl (C=O) groups excluding carboxylic acids is 2. The zero-order valence-corrected chi connectivity index (χ0v) is 30.1. The molecule has 4 atom stereocenters. The average molecular weight is 775 g/mol. The maximum atomic E-state index is 13.1. The van der Waals surface area contributed by atoms with Crippen LogP contribution in [0.5, 0.6) is 5.75 Å². The van der Waals surface area contributed by atoms with Gasteiger partial charge in [0.2, 0.25) is 11.1 Å². The molecule has 4 aromatic carbocycles. The lowest BCUT2D eigenvalue weighted by atomic mass is 9.97. The first kappa shape index (κ1) is 38.0. The normalized spacial score (nSPS) is 20.0. The van der Waals surface area contributed by atoms with E-state index >= 15 is 0 Å². The second kappa shape index (κ2) is 16.6. The van der Waals surface area contributed by atoms with Crippen LogP contribution in [0.3, 0.4) is 0 Å². The molecule has 7 rings (SSSR count). The van der Waals surface area contributed by atoms with E-state index in [4.69, 9.17) is 9.47 Å². The van der Waals surface area contributed by atoms with Gasteiger partial charge in [-0.25, -0.2) is 0 Å². The van der Waals surface area contributed by atoms with Gasteiger partial charge in [0.05, 0.1) is 24.5 Å². The number of benzene rings is 4. The third-order valence-electron chi connectivity index (χ3n) is 9.57. The number of aliphatic hydroxyl groups is 1. The van der Waals surface area contributed by atoms with Crippen molar-refractivity contribution in [3.63, 3.8) is 0 Å². The van der Waals surface area contributed by atoms with Crippen LogP contribution in [0.4, 0.5) is 13.2 Å². The molecule has 2 saturated heterocycles. The molecule has 2 aliphatic heterocycles. The number of amides is 2. The highest BCUT2D eigenvalue weighted by Crippen LogP contribution is 2.40. The summed E-state index contributed by atoms with van der Waals surface area (Å²) in [5, 5.41) is 34.7. The van der Waals surface area contributed by atoms with Crippen LogP contribution in [0.1, 0.15) is 53.9 Å². The van der Waals surface area contributed by atoms with Crippen molar-refractivity contribution in [3.8, 4) is 22.6 Å². The zero-order chi connectivity index (χ0) is 38.5. The Bertz CT molecular complexity index is 2100. The molecule has 286 valence electrons. The summed E-state index contributed by atoms with van der Waals surface area (Å²) in [6.45, 7) is -0.135. The molecule has 0 saturated carbocycles. The summed E-state index contributed by atoms with van der Waals surface area (Å²) < 4.78 is 54.0. The monoisotopic (exact) mass is 774 g/mol. The van der Waals surface area contributed by atoms with E-state index in [1.807, 2.05) is 72.8 Å². The lowest BCUT2D eigenvalue weighted by Gasteiger charge is -2.36. The minimum Gasteiger partial charge on any atom is -0.508 e. The van der Waals surface area contributed by atoms with E-state index < -0.39 is 30.3 Å². The van der Waals surface area contributed by atoms with E-state index in [9.17, 15) is 33.0 Å². The van der Waals surface area contributed by atoms with E-state index in [0.29, 0.717) is 34.3 Å². The topological polar surface area (TPSA) is 152 Å². The number of phenolic OH excluding ortho intramolecular Hbond substituents is 1. The van der Waals surface area contributed by atoms with Gasteiger partial charge in [-0.05, 0) is 75.4 Å². The molecule has 0 radical (unpaired) electrons. The van der Waals surface area contributed by atoms with Crippen molar-refractivity contribution in [1.29, 1.82) is 0 Å². The standard InChI is InChI=1S/C39H37F3N6O6S/c40-39(41,42)37(52)47-19-3-6-33(47)35(51)43-21-28-4-1-2-5-32(28)25-11-13-27(14-12-25)36-53-31(20-34(54-36)26-9-7-24(22-49)8-10-26)23-55-38-44-45-46-48(38)29-15-17-30(50)18-16-29/h1-2,4-5,7-18,31,33-34,36,49-50H,3,6,19-23H2,(H,43,51)/t31-,33-,34+,36+/m0/s1. The number of aliphatic hydroxyl groups excluding tert-OH is 1. The highest BCUT2D eigenvalue weighted by Gasteiger charge is 2.47. The maximum absolute atomic E-state index is 13.1. The summed E-state index contributed by atoms with van der Waals surface area (Å²) in [6.07, 6.45) is -5.35. The average Bonchev–Trinajstić information content (AvgIpc) is 3.90. The molecule has 3 N–H and O–H groups in total. The number of nitrogens with zero attached hydrogens (tertiary/aromatic N) is 5. The molecule has 0 spiro atoms. The molecular weight excluding hydrogens is 738 g/mol. The fourth-order valence-corrected chi connectivity index (χ4v) is 7.64. The number of nitrogens with one attached hydrogen (secondary N) is 1. The number of rotatable bonds is 11. The number of carbonyl (C=O) groups is 2. The summed E-state index contributed by atoms with van der Waals surface area (Å²) in [4.78, 5) is 25.5. The van der Waals surface area contributed by atoms with Gasteiger partial charge in [0, 0.05) is 30.8 Å². The molecule has 0 aliphatic carbocycles. The van der Waals surface area contributed by atoms with Crippen LogP contribution in [0.15, 0.2) is 102 Å². The number of likely N-dealkylation sites (tertiary alicyclic amines) is 1. The third kappa shape index (κ3) is 8.83. The summed E-state index contributed by atoms with van der Waals surface area (Å²) in [6, 6.07) is 28.0. The van der Waals surface area contributed by atoms with Gasteiger partial charge in [-0.1, -0.05) is 84.6 Å². The van der Waals surface area contributed by atoms with Gasteiger partial charge in [0.1, 0.15) is 11.8 Å². The van der Waals surface area contributed by atoms with Crippen molar-refractivity contribution in [1.82, 2.24) is 30.4 Å². The van der Waals surface area contributed by atoms with Crippen LogP contribution in [-0.4, -0.2) is 77.8 Å². The number of phenols is 1. The molecule has 2 amide bonds. The number of aromatic hydroxyl groups is 1. The van der Waals surface area contributed by atoms with Crippen molar-refractivity contribution in [2.24, 2.45) is 0 Å². The summed E-state index contributed by atoms with van der Waals surface area (Å²) in [5.74, 6) is -1.99. The van der Waals surface area contributed by atoms with Crippen molar-refractivity contribution >= 4 is 23.6 Å².